The van der Waals surface area contributed by atoms with Gasteiger partial charge in [0.2, 0.25) is 0 Å². The predicted molar refractivity (Wildman–Crippen MR) is 81.8 cm³/mol. The molecular weight excluding hydrogens is 269 g/mol. The molecule has 0 saturated heterocycles. The summed E-state index contributed by atoms with van der Waals surface area (Å²) in [4.78, 5) is 11.1. The lowest BCUT2D eigenvalue weighted by Crippen LogP contribution is -2.10. The smallest absolute Gasteiger partial charge is 0.337 e. The first-order valence-corrected chi connectivity index (χ1v) is 6.68. The number of hydrogen-bond donors (Lipinski definition) is 2. The van der Waals surface area contributed by atoms with Crippen molar-refractivity contribution in [1.82, 2.24) is 0 Å². The number of carboxylic acids is 1. The van der Waals surface area contributed by atoms with Crippen LogP contribution < -0.4 is 5.32 Å². The molecule has 2 N–H and O–H groups in total. The first-order chi connectivity index (χ1) is 9.79. The molecule has 2 rings (SSSR count). The van der Waals surface area contributed by atoms with Crippen LogP contribution in [0.4, 0.5) is 15.8 Å². The Bertz CT molecular complexity index is 657. The van der Waals surface area contributed by atoms with Crippen LogP contribution in [0.2, 0.25) is 0 Å². The minimum absolute atomic E-state index is 0.0199. The molecule has 0 bridgehead atoms. The van der Waals surface area contributed by atoms with Crippen molar-refractivity contribution in [3.8, 4) is 0 Å². The Morgan fingerprint density at radius 1 is 1.10 bits per heavy atom. The summed E-state index contributed by atoms with van der Waals surface area (Å²) in [5, 5.41) is 12.0. The normalized spacial score (nSPS) is 11.2. The van der Waals surface area contributed by atoms with Crippen LogP contribution in [0.1, 0.15) is 36.7 Å². The Labute approximate surface area is 123 Å². The van der Waals surface area contributed by atoms with Gasteiger partial charge in [0.1, 0.15) is 5.82 Å². The number of benzene rings is 2. The largest absolute Gasteiger partial charge is 0.478 e. The molecule has 0 radical (unpaired) electrons. The van der Waals surface area contributed by atoms with E-state index in [2.05, 4.69) is 26.1 Å². The van der Waals surface area contributed by atoms with Crippen LogP contribution in [-0.4, -0.2) is 11.1 Å². The summed E-state index contributed by atoms with van der Waals surface area (Å²) in [6, 6.07) is 11.5. The number of rotatable bonds is 3. The molecule has 0 fully saturated rings. The molecule has 21 heavy (non-hydrogen) atoms. The Morgan fingerprint density at radius 3 is 2.24 bits per heavy atom. The first kappa shape index (κ1) is 15.0. The van der Waals surface area contributed by atoms with Gasteiger partial charge < -0.3 is 10.4 Å². The maximum Gasteiger partial charge on any atom is 0.337 e. The zero-order valence-electron chi connectivity index (χ0n) is 12.3. The Morgan fingerprint density at radius 2 is 1.71 bits per heavy atom. The number of nitrogens with one attached hydrogen (secondary N) is 1. The minimum atomic E-state index is -1.16. The fraction of sp³-hybridized carbons (Fsp3) is 0.235. The second-order valence-electron chi connectivity index (χ2n) is 5.92. The summed E-state index contributed by atoms with van der Waals surface area (Å²) in [5.74, 6) is -1.75. The van der Waals surface area contributed by atoms with Gasteiger partial charge in [0.25, 0.3) is 0 Å². The second kappa shape index (κ2) is 5.56. The maximum atomic E-state index is 13.8. The highest BCUT2D eigenvalue weighted by Gasteiger charge is 2.16. The van der Waals surface area contributed by atoms with Gasteiger partial charge in [-0.2, -0.15) is 0 Å². The summed E-state index contributed by atoms with van der Waals surface area (Å²) < 4.78 is 13.8. The van der Waals surface area contributed by atoms with Crippen molar-refractivity contribution in [1.29, 1.82) is 0 Å². The number of carbonyl (C=O) groups is 1. The second-order valence-corrected chi connectivity index (χ2v) is 5.92. The van der Waals surface area contributed by atoms with Gasteiger partial charge in [-0.05, 0) is 35.2 Å². The van der Waals surface area contributed by atoms with E-state index in [4.69, 9.17) is 5.11 Å². The van der Waals surface area contributed by atoms with Crippen molar-refractivity contribution >= 4 is 17.3 Å². The summed E-state index contributed by atoms with van der Waals surface area (Å²) >= 11 is 0. The lowest BCUT2D eigenvalue weighted by atomic mass is 9.87. The molecule has 0 spiro atoms. The number of aromatic carboxylic acids is 1. The van der Waals surface area contributed by atoms with E-state index >= 15 is 0 Å². The molecule has 0 amide bonds. The van der Waals surface area contributed by atoms with Crippen molar-refractivity contribution in [3.63, 3.8) is 0 Å². The number of carboxylic acid groups (broad SMARTS) is 1. The molecule has 0 aliphatic heterocycles. The molecular formula is C17H18FNO2. The van der Waals surface area contributed by atoms with E-state index in [1.165, 1.54) is 18.2 Å². The molecule has 110 valence electrons. The standard InChI is InChI=1S/C17H18FNO2/c1-17(2,3)11-7-9-12(10-8-11)19-15-13(16(20)21)5-4-6-14(15)18/h4-10,19H,1-3H3,(H,20,21). The molecule has 2 aromatic carbocycles. The van der Waals surface area contributed by atoms with Gasteiger partial charge in [0.15, 0.2) is 0 Å². The fourth-order valence-corrected chi connectivity index (χ4v) is 2.03. The third-order valence-electron chi connectivity index (χ3n) is 3.26. The SMILES string of the molecule is CC(C)(C)c1ccc(Nc2c(F)cccc2C(=O)O)cc1. The Kier molecular flexibility index (Phi) is 3.98. The summed E-state index contributed by atoms with van der Waals surface area (Å²) in [6.45, 7) is 6.32. The van der Waals surface area contributed by atoms with Crippen molar-refractivity contribution in [2.45, 2.75) is 26.2 Å². The third-order valence-corrected chi connectivity index (χ3v) is 3.26. The highest BCUT2D eigenvalue weighted by Crippen LogP contribution is 2.27. The Hall–Kier alpha value is -2.36. The van der Waals surface area contributed by atoms with E-state index in [1.807, 2.05) is 24.3 Å². The van der Waals surface area contributed by atoms with Crippen LogP contribution in [-0.2, 0) is 5.41 Å². The topological polar surface area (TPSA) is 49.3 Å². The molecule has 2 aromatic rings. The first-order valence-electron chi connectivity index (χ1n) is 6.68. The lowest BCUT2D eigenvalue weighted by molar-refractivity contribution is 0.0697. The molecule has 0 aliphatic carbocycles. The van der Waals surface area contributed by atoms with E-state index in [9.17, 15) is 9.18 Å². The number of anilines is 2. The van der Waals surface area contributed by atoms with Gasteiger partial charge in [-0.15, -0.1) is 0 Å². The van der Waals surface area contributed by atoms with Crippen LogP contribution in [0.15, 0.2) is 42.5 Å². The van der Waals surface area contributed by atoms with Crippen LogP contribution in [0, 0.1) is 5.82 Å². The quantitative estimate of drug-likeness (QED) is 0.869. The molecule has 3 nitrogen and oxygen atoms in total. The number of hydrogen-bond acceptors (Lipinski definition) is 2. The van der Waals surface area contributed by atoms with Crippen molar-refractivity contribution < 1.29 is 14.3 Å². The predicted octanol–water partition coefficient (Wildman–Crippen LogP) is 4.57. The average molecular weight is 287 g/mol. The van der Waals surface area contributed by atoms with Crippen LogP contribution >= 0.6 is 0 Å². The third kappa shape index (κ3) is 3.40. The van der Waals surface area contributed by atoms with E-state index in [-0.39, 0.29) is 16.7 Å². The number of halogens is 1. The average Bonchev–Trinajstić information content (AvgIpc) is 2.40. The van der Waals surface area contributed by atoms with Crippen molar-refractivity contribution in [2.75, 3.05) is 5.32 Å². The summed E-state index contributed by atoms with van der Waals surface area (Å²) in [7, 11) is 0. The monoisotopic (exact) mass is 287 g/mol. The van der Waals surface area contributed by atoms with E-state index in [0.717, 1.165) is 5.56 Å². The van der Waals surface area contributed by atoms with Gasteiger partial charge in [0, 0.05) is 5.69 Å². The summed E-state index contributed by atoms with van der Waals surface area (Å²) in [5.41, 5.74) is 1.72. The fourth-order valence-electron chi connectivity index (χ4n) is 2.03. The van der Waals surface area contributed by atoms with Gasteiger partial charge in [-0.25, -0.2) is 9.18 Å². The molecule has 0 heterocycles. The molecule has 0 aliphatic rings. The van der Waals surface area contributed by atoms with Gasteiger partial charge in [-0.1, -0.05) is 39.0 Å². The zero-order chi connectivity index (χ0) is 15.6. The zero-order valence-corrected chi connectivity index (χ0v) is 12.3. The van der Waals surface area contributed by atoms with Gasteiger partial charge >= 0.3 is 5.97 Å². The Balaban J connectivity index is 2.33. The van der Waals surface area contributed by atoms with Crippen LogP contribution in [0.3, 0.4) is 0 Å². The molecule has 0 saturated carbocycles. The van der Waals surface area contributed by atoms with E-state index in [1.54, 1.807) is 0 Å². The van der Waals surface area contributed by atoms with E-state index in [0.29, 0.717) is 5.69 Å². The highest BCUT2D eigenvalue weighted by molar-refractivity contribution is 5.95. The van der Waals surface area contributed by atoms with Crippen LogP contribution in [0.5, 0.6) is 0 Å². The maximum absolute atomic E-state index is 13.8. The van der Waals surface area contributed by atoms with E-state index < -0.39 is 11.8 Å². The summed E-state index contributed by atoms with van der Waals surface area (Å²) in [6.07, 6.45) is 0. The lowest BCUT2D eigenvalue weighted by Gasteiger charge is -2.19. The molecule has 0 unspecified atom stereocenters. The van der Waals surface area contributed by atoms with Crippen molar-refractivity contribution in [3.05, 3.63) is 59.4 Å². The molecule has 0 aromatic heterocycles. The highest BCUT2D eigenvalue weighted by atomic mass is 19.1. The van der Waals surface area contributed by atoms with Gasteiger partial charge in [-0.3, -0.25) is 0 Å². The van der Waals surface area contributed by atoms with Gasteiger partial charge in [0.05, 0.1) is 11.3 Å². The molecule has 4 heteroatoms. The minimum Gasteiger partial charge on any atom is -0.478 e. The number of para-hydroxylation sites is 1. The van der Waals surface area contributed by atoms with Crippen LogP contribution in [0.25, 0.3) is 0 Å². The van der Waals surface area contributed by atoms with Crippen molar-refractivity contribution in [2.24, 2.45) is 0 Å². The molecule has 0 atom stereocenters.